The zero-order valence-electron chi connectivity index (χ0n) is 13.6. The molecule has 1 fully saturated rings. The molecule has 1 aliphatic heterocycles. The fourth-order valence-electron chi connectivity index (χ4n) is 3.53. The van der Waals surface area contributed by atoms with Crippen LogP contribution in [0.5, 0.6) is 0 Å². The second kappa shape index (κ2) is 5.95. The van der Waals surface area contributed by atoms with E-state index in [-0.39, 0.29) is 5.92 Å². The van der Waals surface area contributed by atoms with Gasteiger partial charge in [-0.25, -0.2) is 9.97 Å². The second-order valence-electron chi connectivity index (χ2n) is 6.39. The van der Waals surface area contributed by atoms with Crippen LogP contribution in [0, 0.1) is 0 Å². The number of rotatable bonds is 4. The maximum atomic E-state index is 10.4. The van der Waals surface area contributed by atoms with E-state index in [0.29, 0.717) is 12.4 Å². The van der Waals surface area contributed by atoms with Gasteiger partial charge in [0.2, 0.25) is 0 Å². The van der Waals surface area contributed by atoms with Gasteiger partial charge in [0.15, 0.2) is 0 Å². The Balaban J connectivity index is 1.47. The Bertz CT molecular complexity index is 784. The number of aliphatic hydroxyl groups is 1. The average molecular weight is 327 g/mol. The van der Waals surface area contributed by atoms with Crippen LogP contribution in [-0.2, 0) is 13.0 Å². The lowest BCUT2D eigenvalue weighted by Crippen LogP contribution is -2.24. The molecule has 0 amide bonds. The van der Waals surface area contributed by atoms with Crippen LogP contribution in [0.15, 0.2) is 18.6 Å². The highest BCUT2D eigenvalue weighted by Crippen LogP contribution is 2.32. The van der Waals surface area contributed by atoms with E-state index in [0.717, 1.165) is 48.6 Å². The molecule has 4 rings (SSSR count). The lowest BCUT2D eigenvalue weighted by atomic mass is 10.0. The van der Waals surface area contributed by atoms with Crippen LogP contribution >= 0.6 is 0 Å². The van der Waals surface area contributed by atoms with Gasteiger partial charge in [-0.3, -0.25) is 9.58 Å². The number of nitrogens with zero attached hydrogens (tertiary/aromatic N) is 6. The lowest BCUT2D eigenvalue weighted by Gasteiger charge is -2.16. The van der Waals surface area contributed by atoms with Crippen LogP contribution < -0.4 is 5.73 Å². The Morgan fingerprint density at radius 2 is 2.21 bits per heavy atom. The molecule has 0 spiro atoms. The van der Waals surface area contributed by atoms with E-state index in [1.807, 2.05) is 13.1 Å². The van der Waals surface area contributed by atoms with Crippen molar-refractivity contribution in [2.45, 2.75) is 31.9 Å². The van der Waals surface area contributed by atoms with Gasteiger partial charge < -0.3 is 10.8 Å². The van der Waals surface area contributed by atoms with Gasteiger partial charge in [0.1, 0.15) is 12.1 Å². The number of aliphatic hydroxyl groups excluding tert-OH is 1. The summed E-state index contributed by atoms with van der Waals surface area (Å²) in [5.74, 6) is 0.559. The summed E-state index contributed by atoms with van der Waals surface area (Å²) in [4.78, 5) is 10.7. The number of nitrogen functional groups attached to an aromatic ring is 1. The fourth-order valence-corrected chi connectivity index (χ4v) is 3.53. The number of likely N-dealkylation sites (tertiary alicyclic amines) is 1. The first-order valence-electron chi connectivity index (χ1n) is 8.25. The van der Waals surface area contributed by atoms with E-state index >= 15 is 0 Å². The predicted molar refractivity (Wildman–Crippen MR) is 89.0 cm³/mol. The van der Waals surface area contributed by atoms with Gasteiger partial charge >= 0.3 is 0 Å². The Labute approximate surface area is 140 Å². The van der Waals surface area contributed by atoms with Gasteiger partial charge in [-0.15, -0.1) is 5.10 Å². The number of fused-ring (bicyclic) bond motifs is 1. The molecule has 3 heterocycles. The molecule has 8 nitrogen and oxygen atoms in total. The van der Waals surface area contributed by atoms with Crippen molar-refractivity contribution < 1.29 is 5.11 Å². The first kappa shape index (κ1) is 15.2. The van der Waals surface area contributed by atoms with Crippen molar-refractivity contribution in [3.05, 3.63) is 35.6 Å². The molecule has 0 aromatic carbocycles. The van der Waals surface area contributed by atoms with Crippen molar-refractivity contribution >= 4 is 11.4 Å². The van der Waals surface area contributed by atoms with Crippen molar-refractivity contribution in [1.82, 2.24) is 29.9 Å². The van der Waals surface area contributed by atoms with Crippen LogP contribution in [0.2, 0.25) is 0 Å². The number of hydrogen-bond donors (Lipinski definition) is 2. The summed E-state index contributed by atoms with van der Waals surface area (Å²) in [6.07, 6.45) is 5.95. The number of anilines is 1. The van der Waals surface area contributed by atoms with E-state index < -0.39 is 6.10 Å². The summed E-state index contributed by atoms with van der Waals surface area (Å²) in [7, 11) is 0. The number of aromatic nitrogens is 5. The molecule has 2 atom stereocenters. The molecule has 24 heavy (non-hydrogen) atoms. The molecule has 0 bridgehead atoms. The minimum Gasteiger partial charge on any atom is -0.391 e. The van der Waals surface area contributed by atoms with E-state index in [1.165, 1.54) is 6.33 Å². The first-order valence-corrected chi connectivity index (χ1v) is 8.25. The molecule has 1 saturated heterocycles. The number of hydrogen-bond acceptors (Lipinski definition) is 7. The normalized spacial score (nSPS) is 23.5. The molecule has 8 heteroatoms. The molecule has 2 aromatic rings. The molecule has 0 radical (unpaired) electrons. The minimum absolute atomic E-state index is 0.00208. The molecular weight excluding hydrogens is 306 g/mol. The molecule has 126 valence electrons. The van der Waals surface area contributed by atoms with Crippen LogP contribution in [0.1, 0.15) is 29.8 Å². The summed E-state index contributed by atoms with van der Waals surface area (Å²) < 4.78 is 1.79. The van der Waals surface area contributed by atoms with Crippen LogP contribution in [0.3, 0.4) is 0 Å². The molecule has 1 aliphatic carbocycles. The fraction of sp³-hybridized carbons (Fsp3) is 0.500. The maximum absolute atomic E-state index is 10.4. The molecule has 0 unspecified atom stereocenters. The van der Waals surface area contributed by atoms with Crippen LogP contribution in [0.25, 0.3) is 5.57 Å². The highest BCUT2D eigenvalue weighted by Gasteiger charge is 2.35. The summed E-state index contributed by atoms with van der Waals surface area (Å²) >= 11 is 0. The third-order valence-corrected chi connectivity index (χ3v) is 4.85. The molecular formula is C16H21N7O. The monoisotopic (exact) mass is 327 g/mol. The van der Waals surface area contributed by atoms with Gasteiger partial charge in [-0.05, 0) is 18.9 Å². The molecule has 2 aliphatic rings. The zero-order valence-corrected chi connectivity index (χ0v) is 13.6. The van der Waals surface area contributed by atoms with Crippen molar-refractivity contribution in [2.24, 2.45) is 0 Å². The lowest BCUT2D eigenvalue weighted by molar-refractivity contribution is 0.165. The highest BCUT2D eigenvalue weighted by molar-refractivity contribution is 5.74. The number of aryl methyl sites for hydroxylation is 1. The van der Waals surface area contributed by atoms with E-state index in [4.69, 9.17) is 5.73 Å². The van der Waals surface area contributed by atoms with Gasteiger partial charge in [-0.2, -0.15) is 0 Å². The van der Waals surface area contributed by atoms with Crippen molar-refractivity contribution in [2.75, 3.05) is 25.4 Å². The second-order valence-corrected chi connectivity index (χ2v) is 6.39. The van der Waals surface area contributed by atoms with E-state index in [1.54, 1.807) is 4.68 Å². The van der Waals surface area contributed by atoms with Crippen LogP contribution in [0.4, 0.5) is 5.82 Å². The molecule has 0 saturated carbocycles. The SMILES string of the molecule is CCn1cc([C@H]2CN(CC3=CCc4c(N)ncnc43)C[C@@H]2O)nn1. The quantitative estimate of drug-likeness (QED) is 0.818. The summed E-state index contributed by atoms with van der Waals surface area (Å²) in [6, 6.07) is 0. The average Bonchev–Trinajstić information content (AvgIpc) is 3.27. The third kappa shape index (κ3) is 2.57. The third-order valence-electron chi connectivity index (χ3n) is 4.85. The Hall–Kier alpha value is -2.32. The van der Waals surface area contributed by atoms with Crippen LogP contribution in [-0.4, -0.2) is 60.7 Å². The number of nitrogens with two attached hydrogens (primary N) is 1. The van der Waals surface area contributed by atoms with Crippen molar-refractivity contribution in [3.63, 3.8) is 0 Å². The van der Waals surface area contributed by atoms with E-state index in [9.17, 15) is 5.11 Å². The van der Waals surface area contributed by atoms with Crippen molar-refractivity contribution in [3.8, 4) is 0 Å². The predicted octanol–water partition coefficient (Wildman–Crippen LogP) is 0.0700. The summed E-state index contributed by atoms with van der Waals surface area (Å²) in [6.45, 7) is 4.93. The minimum atomic E-state index is -0.427. The summed E-state index contributed by atoms with van der Waals surface area (Å²) in [5, 5.41) is 18.7. The summed E-state index contributed by atoms with van der Waals surface area (Å²) in [5.41, 5.74) is 9.89. The molecule has 3 N–H and O–H groups in total. The Morgan fingerprint density at radius 1 is 1.33 bits per heavy atom. The maximum Gasteiger partial charge on any atom is 0.130 e. The van der Waals surface area contributed by atoms with E-state index in [2.05, 4.69) is 31.3 Å². The number of β-amino-alcohol motifs (C(OH)–C–C–N with tert-alkyl or cyclic N) is 1. The van der Waals surface area contributed by atoms with Gasteiger partial charge in [-0.1, -0.05) is 11.3 Å². The largest absolute Gasteiger partial charge is 0.391 e. The van der Waals surface area contributed by atoms with Gasteiger partial charge in [0.25, 0.3) is 0 Å². The zero-order chi connectivity index (χ0) is 16.7. The Morgan fingerprint density at radius 3 is 3.00 bits per heavy atom. The first-order chi connectivity index (χ1) is 11.7. The highest BCUT2D eigenvalue weighted by atomic mass is 16.3. The van der Waals surface area contributed by atoms with Gasteiger partial charge in [0, 0.05) is 43.9 Å². The molecule has 2 aromatic heterocycles. The number of allylic oxidation sites excluding steroid dienone is 1. The van der Waals surface area contributed by atoms with Crippen molar-refractivity contribution in [1.29, 1.82) is 0 Å². The van der Waals surface area contributed by atoms with Gasteiger partial charge in [0.05, 0.1) is 17.5 Å². The topological polar surface area (TPSA) is 106 Å². The standard InChI is InChI=1S/C16H21N7O/c1-2-23-7-13(20-21-23)12-6-22(8-14(12)24)5-10-3-4-11-15(10)18-9-19-16(11)17/h3,7,9,12,14,24H,2,4-6,8H2,1H3,(H2,17,18,19)/t12-,14+/m1/s1. The smallest absolute Gasteiger partial charge is 0.130 e. The Kier molecular flexibility index (Phi) is 3.78.